The van der Waals surface area contributed by atoms with Crippen LogP contribution in [0.1, 0.15) is 32.1 Å². The van der Waals surface area contributed by atoms with Gasteiger partial charge in [0.25, 0.3) is 0 Å². The predicted molar refractivity (Wildman–Crippen MR) is 66.6 cm³/mol. The van der Waals surface area contributed by atoms with Gasteiger partial charge in [-0.15, -0.1) is 0 Å². The number of carbonyl (C=O) groups is 1. The minimum absolute atomic E-state index is 0.00496. The molecule has 0 spiro atoms. The lowest BCUT2D eigenvalue weighted by molar-refractivity contribution is -0.127. The lowest BCUT2D eigenvalue weighted by Crippen LogP contribution is -2.37. The Morgan fingerprint density at radius 1 is 1.53 bits per heavy atom. The molecule has 4 heteroatoms. The molecule has 2 rings (SSSR count). The summed E-state index contributed by atoms with van der Waals surface area (Å²) in [6.07, 6.45) is 5.32. The van der Waals surface area contributed by atoms with Gasteiger partial charge in [0, 0.05) is 13.1 Å². The van der Waals surface area contributed by atoms with Crippen LogP contribution in [0.15, 0.2) is 0 Å². The van der Waals surface area contributed by atoms with E-state index in [2.05, 4.69) is 17.3 Å². The van der Waals surface area contributed by atoms with Crippen molar-refractivity contribution in [2.45, 2.75) is 32.1 Å². The largest absolute Gasteiger partial charge is 0.395 e. The molecule has 2 fully saturated rings. The SMILES string of the molecule is CN1CCC[C@@H](CCNC(=O)C2(CO)CC2)C1. The van der Waals surface area contributed by atoms with Crippen molar-refractivity contribution in [3.05, 3.63) is 0 Å². The molecule has 1 saturated carbocycles. The summed E-state index contributed by atoms with van der Waals surface area (Å²) in [5.74, 6) is 0.780. The van der Waals surface area contributed by atoms with Crippen LogP contribution in [0.3, 0.4) is 0 Å². The predicted octanol–water partition coefficient (Wildman–Crippen LogP) is 0.607. The summed E-state index contributed by atoms with van der Waals surface area (Å²) < 4.78 is 0. The molecule has 0 unspecified atom stereocenters. The summed E-state index contributed by atoms with van der Waals surface area (Å²) in [5, 5.41) is 12.1. The van der Waals surface area contributed by atoms with Crippen LogP contribution in [-0.2, 0) is 4.79 Å². The quantitative estimate of drug-likeness (QED) is 0.740. The Morgan fingerprint density at radius 2 is 2.29 bits per heavy atom. The monoisotopic (exact) mass is 240 g/mol. The second kappa shape index (κ2) is 5.36. The van der Waals surface area contributed by atoms with E-state index in [4.69, 9.17) is 5.11 Å². The zero-order valence-corrected chi connectivity index (χ0v) is 10.7. The normalized spacial score (nSPS) is 27.8. The van der Waals surface area contributed by atoms with Gasteiger partial charge in [0.2, 0.25) is 5.91 Å². The van der Waals surface area contributed by atoms with Gasteiger partial charge < -0.3 is 15.3 Å². The first-order valence-electron chi connectivity index (χ1n) is 6.74. The number of nitrogens with zero attached hydrogens (tertiary/aromatic N) is 1. The summed E-state index contributed by atoms with van der Waals surface area (Å²) in [6, 6.07) is 0. The number of likely N-dealkylation sites (tertiary alicyclic amines) is 1. The number of nitrogens with one attached hydrogen (secondary N) is 1. The Morgan fingerprint density at radius 3 is 2.88 bits per heavy atom. The minimum Gasteiger partial charge on any atom is -0.395 e. The van der Waals surface area contributed by atoms with E-state index in [1.807, 2.05) is 0 Å². The molecule has 98 valence electrons. The van der Waals surface area contributed by atoms with Gasteiger partial charge in [-0.25, -0.2) is 0 Å². The van der Waals surface area contributed by atoms with Crippen LogP contribution >= 0.6 is 0 Å². The summed E-state index contributed by atoms with van der Waals surface area (Å²) in [4.78, 5) is 14.1. The number of hydrogen-bond acceptors (Lipinski definition) is 3. The molecule has 1 saturated heterocycles. The summed E-state index contributed by atoms with van der Waals surface area (Å²) in [6.45, 7) is 3.13. The van der Waals surface area contributed by atoms with Crippen LogP contribution in [0.25, 0.3) is 0 Å². The first-order valence-corrected chi connectivity index (χ1v) is 6.74. The first-order chi connectivity index (χ1) is 8.16. The molecule has 1 heterocycles. The number of aliphatic hydroxyl groups excluding tert-OH is 1. The molecule has 17 heavy (non-hydrogen) atoms. The molecule has 0 aromatic heterocycles. The number of amides is 1. The van der Waals surface area contributed by atoms with Gasteiger partial charge in [0.15, 0.2) is 0 Å². The summed E-state index contributed by atoms with van der Waals surface area (Å²) >= 11 is 0. The zero-order chi connectivity index (χ0) is 12.3. The van der Waals surface area contributed by atoms with Crippen molar-refractivity contribution >= 4 is 5.91 Å². The Labute approximate surface area is 103 Å². The fourth-order valence-electron chi connectivity index (χ4n) is 2.69. The third kappa shape index (κ3) is 3.19. The number of carbonyl (C=O) groups excluding carboxylic acids is 1. The lowest BCUT2D eigenvalue weighted by Gasteiger charge is -2.29. The summed E-state index contributed by atoms with van der Waals surface area (Å²) in [7, 11) is 2.16. The Kier molecular flexibility index (Phi) is 4.05. The molecule has 2 aliphatic rings. The van der Waals surface area contributed by atoms with Crippen LogP contribution in [0.5, 0.6) is 0 Å². The molecular formula is C13H24N2O2. The van der Waals surface area contributed by atoms with Crippen LogP contribution in [0.2, 0.25) is 0 Å². The fraction of sp³-hybridized carbons (Fsp3) is 0.923. The highest BCUT2D eigenvalue weighted by molar-refractivity contribution is 5.85. The molecule has 0 aromatic carbocycles. The molecule has 2 N–H and O–H groups in total. The molecule has 1 amide bonds. The topological polar surface area (TPSA) is 52.6 Å². The van der Waals surface area contributed by atoms with Crippen molar-refractivity contribution in [3.8, 4) is 0 Å². The average molecular weight is 240 g/mol. The maximum absolute atomic E-state index is 11.8. The van der Waals surface area contributed by atoms with Crippen molar-refractivity contribution in [1.29, 1.82) is 0 Å². The van der Waals surface area contributed by atoms with E-state index in [1.54, 1.807) is 0 Å². The van der Waals surface area contributed by atoms with Crippen LogP contribution < -0.4 is 5.32 Å². The number of hydrogen-bond donors (Lipinski definition) is 2. The van der Waals surface area contributed by atoms with Crippen molar-refractivity contribution < 1.29 is 9.90 Å². The molecule has 1 atom stereocenters. The van der Waals surface area contributed by atoms with Gasteiger partial charge in [0.05, 0.1) is 12.0 Å². The van der Waals surface area contributed by atoms with Crippen molar-refractivity contribution in [2.24, 2.45) is 11.3 Å². The number of rotatable bonds is 5. The van der Waals surface area contributed by atoms with E-state index in [-0.39, 0.29) is 12.5 Å². The van der Waals surface area contributed by atoms with Gasteiger partial charge >= 0.3 is 0 Å². The average Bonchev–Trinajstić information content (AvgIpc) is 3.10. The molecule has 0 aromatic rings. The van der Waals surface area contributed by atoms with E-state index in [1.165, 1.54) is 19.4 Å². The maximum atomic E-state index is 11.8. The molecule has 1 aliphatic carbocycles. The van der Waals surface area contributed by atoms with E-state index in [0.717, 1.165) is 38.3 Å². The van der Waals surface area contributed by atoms with Gasteiger partial charge in [0.1, 0.15) is 0 Å². The first kappa shape index (κ1) is 12.8. The Balaban J connectivity index is 1.64. The molecule has 1 aliphatic heterocycles. The van der Waals surface area contributed by atoms with Crippen LogP contribution in [0.4, 0.5) is 0 Å². The van der Waals surface area contributed by atoms with Crippen molar-refractivity contribution in [2.75, 3.05) is 33.3 Å². The fourth-order valence-corrected chi connectivity index (χ4v) is 2.69. The smallest absolute Gasteiger partial charge is 0.228 e. The Hall–Kier alpha value is -0.610. The van der Waals surface area contributed by atoms with E-state index in [0.29, 0.717) is 0 Å². The van der Waals surface area contributed by atoms with E-state index in [9.17, 15) is 4.79 Å². The van der Waals surface area contributed by atoms with E-state index >= 15 is 0 Å². The van der Waals surface area contributed by atoms with Crippen LogP contribution in [-0.4, -0.2) is 49.2 Å². The molecular weight excluding hydrogens is 216 g/mol. The standard InChI is InChI=1S/C13H24N2O2/c1-15-8-2-3-11(9-15)4-7-14-12(17)13(10-16)5-6-13/h11,16H,2-10H2,1H3,(H,14,17)/t11-/m0/s1. The highest BCUT2D eigenvalue weighted by Gasteiger charge is 2.49. The second-order valence-electron chi connectivity index (χ2n) is 5.75. The van der Waals surface area contributed by atoms with Gasteiger partial charge in [-0.05, 0) is 51.6 Å². The Bertz CT molecular complexity index is 277. The highest BCUT2D eigenvalue weighted by atomic mass is 16.3. The maximum Gasteiger partial charge on any atom is 0.228 e. The highest BCUT2D eigenvalue weighted by Crippen LogP contribution is 2.45. The third-order valence-electron chi connectivity index (χ3n) is 4.20. The van der Waals surface area contributed by atoms with Gasteiger partial charge in [-0.3, -0.25) is 4.79 Å². The van der Waals surface area contributed by atoms with E-state index < -0.39 is 5.41 Å². The van der Waals surface area contributed by atoms with Gasteiger partial charge in [-0.1, -0.05) is 0 Å². The van der Waals surface area contributed by atoms with Crippen LogP contribution in [0, 0.1) is 11.3 Å². The number of aliphatic hydroxyl groups is 1. The summed E-state index contributed by atoms with van der Waals surface area (Å²) in [5.41, 5.74) is -0.413. The number of piperidine rings is 1. The minimum atomic E-state index is -0.413. The molecule has 0 radical (unpaired) electrons. The van der Waals surface area contributed by atoms with Crippen molar-refractivity contribution in [1.82, 2.24) is 10.2 Å². The molecule has 4 nitrogen and oxygen atoms in total. The third-order valence-corrected chi connectivity index (χ3v) is 4.20. The zero-order valence-electron chi connectivity index (χ0n) is 10.7. The van der Waals surface area contributed by atoms with Crippen molar-refractivity contribution in [3.63, 3.8) is 0 Å². The lowest BCUT2D eigenvalue weighted by atomic mass is 9.95. The second-order valence-corrected chi connectivity index (χ2v) is 5.75. The molecule has 0 bridgehead atoms. The van der Waals surface area contributed by atoms with Gasteiger partial charge in [-0.2, -0.15) is 0 Å².